The second-order valence-corrected chi connectivity index (χ2v) is 4.69. The van der Waals surface area contributed by atoms with E-state index in [1.54, 1.807) is 6.92 Å². The summed E-state index contributed by atoms with van der Waals surface area (Å²) >= 11 is 0. The van der Waals surface area contributed by atoms with Crippen LogP contribution in [-0.2, 0) is 16.6 Å². The van der Waals surface area contributed by atoms with Crippen molar-refractivity contribution in [2.75, 3.05) is 0 Å². The van der Waals surface area contributed by atoms with E-state index in [2.05, 4.69) is 10.2 Å². The SMILES string of the molecule is CC(Cc1nnc(C(C)(C)C)o1)C(=O)O. The first-order valence-corrected chi connectivity index (χ1v) is 4.86. The average Bonchev–Trinajstić information content (AvgIpc) is 2.51. The van der Waals surface area contributed by atoms with Crippen molar-refractivity contribution in [3.8, 4) is 0 Å². The van der Waals surface area contributed by atoms with Gasteiger partial charge in [0.25, 0.3) is 0 Å². The molecule has 1 heterocycles. The van der Waals surface area contributed by atoms with Crippen molar-refractivity contribution in [3.63, 3.8) is 0 Å². The first-order valence-electron chi connectivity index (χ1n) is 4.86. The maximum absolute atomic E-state index is 10.6. The molecule has 5 nitrogen and oxygen atoms in total. The van der Waals surface area contributed by atoms with Crippen LogP contribution in [0.3, 0.4) is 0 Å². The molecule has 15 heavy (non-hydrogen) atoms. The maximum atomic E-state index is 10.6. The molecular formula is C10H16N2O3. The van der Waals surface area contributed by atoms with Crippen molar-refractivity contribution in [2.24, 2.45) is 5.92 Å². The number of aromatic nitrogens is 2. The lowest BCUT2D eigenvalue weighted by Gasteiger charge is -2.11. The third-order valence-electron chi connectivity index (χ3n) is 2.01. The van der Waals surface area contributed by atoms with Crippen molar-refractivity contribution in [2.45, 2.75) is 39.5 Å². The van der Waals surface area contributed by atoms with Gasteiger partial charge in [0, 0.05) is 11.8 Å². The quantitative estimate of drug-likeness (QED) is 0.824. The maximum Gasteiger partial charge on any atom is 0.306 e. The van der Waals surface area contributed by atoms with E-state index in [4.69, 9.17) is 9.52 Å². The predicted molar refractivity (Wildman–Crippen MR) is 53.5 cm³/mol. The molecule has 1 aromatic rings. The third-order valence-corrected chi connectivity index (χ3v) is 2.01. The number of carboxylic acid groups (broad SMARTS) is 1. The number of rotatable bonds is 3. The summed E-state index contributed by atoms with van der Waals surface area (Å²) in [5, 5.41) is 16.4. The summed E-state index contributed by atoms with van der Waals surface area (Å²) in [6.45, 7) is 7.50. The monoisotopic (exact) mass is 212 g/mol. The molecule has 0 amide bonds. The number of carboxylic acids is 1. The second-order valence-electron chi connectivity index (χ2n) is 4.69. The molecule has 1 unspecified atom stereocenters. The van der Waals surface area contributed by atoms with Crippen molar-refractivity contribution in [3.05, 3.63) is 11.8 Å². The van der Waals surface area contributed by atoms with Gasteiger partial charge in [-0.2, -0.15) is 0 Å². The van der Waals surface area contributed by atoms with Gasteiger partial charge < -0.3 is 9.52 Å². The van der Waals surface area contributed by atoms with E-state index in [1.165, 1.54) is 0 Å². The zero-order valence-electron chi connectivity index (χ0n) is 9.44. The van der Waals surface area contributed by atoms with Gasteiger partial charge in [-0.25, -0.2) is 0 Å². The van der Waals surface area contributed by atoms with Crippen LogP contribution >= 0.6 is 0 Å². The zero-order valence-corrected chi connectivity index (χ0v) is 9.44. The zero-order chi connectivity index (χ0) is 11.6. The Morgan fingerprint density at radius 2 is 2.07 bits per heavy atom. The van der Waals surface area contributed by atoms with Crippen LogP contribution in [-0.4, -0.2) is 21.3 Å². The molecule has 0 aliphatic rings. The molecule has 0 spiro atoms. The van der Waals surface area contributed by atoms with Crippen molar-refractivity contribution in [1.29, 1.82) is 0 Å². The Bertz CT molecular complexity index is 352. The smallest absolute Gasteiger partial charge is 0.306 e. The predicted octanol–water partition coefficient (Wildman–Crippen LogP) is 1.63. The number of hydrogen-bond donors (Lipinski definition) is 1. The highest BCUT2D eigenvalue weighted by Gasteiger charge is 2.23. The van der Waals surface area contributed by atoms with Gasteiger partial charge >= 0.3 is 5.97 Å². The minimum absolute atomic E-state index is 0.197. The molecule has 5 heteroatoms. The number of nitrogens with zero attached hydrogens (tertiary/aromatic N) is 2. The van der Waals surface area contributed by atoms with E-state index < -0.39 is 11.9 Å². The Morgan fingerprint density at radius 3 is 2.47 bits per heavy atom. The molecule has 0 aromatic carbocycles. The highest BCUT2D eigenvalue weighted by atomic mass is 16.4. The molecular weight excluding hydrogens is 196 g/mol. The Balaban J connectivity index is 2.73. The molecule has 1 N–H and O–H groups in total. The van der Waals surface area contributed by atoms with Crippen LogP contribution in [0.25, 0.3) is 0 Å². The standard InChI is InChI=1S/C10H16N2O3/c1-6(8(13)14)5-7-11-12-9(15-7)10(2,3)4/h6H,5H2,1-4H3,(H,13,14). The topological polar surface area (TPSA) is 76.2 Å². The lowest BCUT2D eigenvalue weighted by Crippen LogP contribution is -2.12. The summed E-state index contributed by atoms with van der Waals surface area (Å²) in [5.41, 5.74) is -0.197. The van der Waals surface area contributed by atoms with Gasteiger partial charge in [-0.15, -0.1) is 10.2 Å². The molecule has 0 aliphatic heterocycles. The number of aliphatic carboxylic acids is 1. The first kappa shape index (κ1) is 11.7. The lowest BCUT2D eigenvalue weighted by atomic mass is 9.97. The van der Waals surface area contributed by atoms with Gasteiger partial charge in [-0.3, -0.25) is 4.79 Å². The van der Waals surface area contributed by atoms with E-state index in [0.29, 0.717) is 11.8 Å². The summed E-state index contributed by atoms with van der Waals surface area (Å²) in [7, 11) is 0. The molecule has 0 fully saturated rings. The molecule has 1 atom stereocenters. The van der Waals surface area contributed by atoms with Gasteiger partial charge in [0.1, 0.15) is 0 Å². The summed E-state index contributed by atoms with van der Waals surface area (Å²) in [6, 6.07) is 0. The van der Waals surface area contributed by atoms with Crippen LogP contribution in [0, 0.1) is 5.92 Å². The van der Waals surface area contributed by atoms with Crippen LogP contribution < -0.4 is 0 Å². The first-order chi connectivity index (χ1) is 6.80. The minimum atomic E-state index is -0.856. The van der Waals surface area contributed by atoms with Crippen LogP contribution in [0.1, 0.15) is 39.5 Å². The molecule has 0 radical (unpaired) electrons. The van der Waals surface area contributed by atoms with E-state index in [0.717, 1.165) is 0 Å². The van der Waals surface area contributed by atoms with Crippen molar-refractivity contribution >= 4 is 5.97 Å². The van der Waals surface area contributed by atoms with E-state index in [1.807, 2.05) is 20.8 Å². The highest BCUT2D eigenvalue weighted by molar-refractivity contribution is 5.69. The summed E-state index contributed by atoms with van der Waals surface area (Å²) < 4.78 is 5.38. The lowest BCUT2D eigenvalue weighted by molar-refractivity contribution is -0.141. The third kappa shape index (κ3) is 3.04. The molecule has 0 bridgehead atoms. The number of hydrogen-bond acceptors (Lipinski definition) is 4. The average molecular weight is 212 g/mol. The van der Waals surface area contributed by atoms with E-state index in [9.17, 15) is 4.79 Å². The molecule has 0 aliphatic carbocycles. The Labute approximate surface area is 88.5 Å². The van der Waals surface area contributed by atoms with Crippen molar-refractivity contribution in [1.82, 2.24) is 10.2 Å². The van der Waals surface area contributed by atoms with E-state index in [-0.39, 0.29) is 11.8 Å². The summed E-state index contributed by atoms with van der Waals surface area (Å²) in [6.07, 6.45) is 0.276. The van der Waals surface area contributed by atoms with Crippen molar-refractivity contribution < 1.29 is 14.3 Å². The fraction of sp³-hybridized carbons (Fsp3) is 0.700. The van der Waals surface area contributed by atoms with Crippen LogP contribution in [0.5, 0.6) is 0 Å². The Hall–Kier alpha value is -1.39. The van der Waals surface area contributed by atoms with Gasteiger partial charge in [0.15, 0.2) is 0 Å². The Morgan fingerprint density at radius 1 is 1.47 bits per heavy atom. The molecule has 0 saturated carbocycles. The molecule has 1 aromatic heterocycles. The molecule has 0 saturated heterocycles. The van der Waals surface area contributed by atoms with Crippen LogP contribution in [0.2, 0.25) is 0 Å². The Kier molecular flexibility index (Phi) is 3.12. The summed E-state index contributed by atoms with van der Waals surface area (Å²) in [4.78, 5) is 10.6. The normalized spacial score (nSPS) is 13.9. The van der Waals surface area contributed by atoms with Crippen LogP contribution in [0.4, 0.5) is 0 Å². The fourth-order valence-corrected chi connectivity index (χ4v) is 0.988. The van der Waals surface area contributed by atoms with E-state index >= 15 is 0 Å². The fourth-order valence-electron chi connectivity index (χ4n) is 0.988. The van der Waals surface area contributed by atoms with Gasteiger partial charge in [0.05, 0.1) is 5.92 Å². The molecule has 1 rings (SSSR count). The minimum Gasteiger partial charge on any atom is -0.481 e. The number of carbonyl (C=O) groups is 1. The van der Waals surface area contributed by atoms with Crippen LogP contribution in [0.15, 0.2) is 4.42 Å². The molecule has 84 valence electrons. The second kappa shape index (κ2) is 4.00. The largest absolute Gasteiger partial charge is 0.481 e. The van der Waals surface area contributed by atoms with Gasteiger partial charge in [0.2, 0.25) is 11.8 Å². The van der Waals surface area contributed by atoms with Gasteiger partial charge in [-0.1, -0.05) is 27.7 Å². The van der Waals surface area contributed by atoms with Gasteiger partial charge in [-0.05, 0) is 0 Å². The summed E-state index contributed by atoms with van der Waals surface area (Å²) in [5.74, 6) is -0.436. The highest BCUT2D eigenvalue weighted by Crippen LogP contribution is 2.21.